The van der Waals surface area contributed by atoms with E-state index in [0.717, 1.165) is 37.4 Å². The van der Waals surface area contributed by atoms with Crippen LogP contribution in [0.15, 0.2) is 24.3 Å². The van der Waals surface area contributed by atoms with E-state index < -0.39 is 0 Å². The third-order valence-electron chi connectivity index (χ3n) is 3.25. The molecule has 0 spiro atoms. The second kappa shape index (κ2) is 8.89. The molecule has 1 aliphatic heterocycles. The fraction of sp³-hybridized carbons (Fsp3) is 0.529. The van der Waals surface area contributed by atoms with Gasteiger partial charge in [0.2, 0.25) is 0 Å². The van der Waals surface area contributed by atoms with Crippen molar-refractivity contribution >= 4 is 11.6 Å². The number of alkyl halides is 1. The molecule has 108 valence electrons. The van der Waals surface area contributed by atoms with Crippen molar-refractivity contribution in [2.45, 2.75) is 38.2 Å². The van der Waals surface area contributed by atoms with Crippen LogP contribution in [-0.4, -0.2) is 25.2 Å². The molecule has 1 unspecified atom stereocenters. The van der Waals surface area contributed by atoms with Gasteiger partial charge in [0.05, 0.1) is 12.7 Å². The molecule has 3 heteroatoms. The van der Waals surface area contributed by atoms with E-state index in [2.05, 4.69) is 11.8 Å². The lowest BCUT2D eigenvalue weighted by atomic mass is 10.1. The summed E-state index contributed by atoms with van der Waals surface area (Å²) in [6, 6.07) is 7.91. The molecule has 1 fully saturated rings. The Morgan fingerprint density at radius 2 is 2.35 bits per heavy atom. The molecule has 0 saturated carbocycles. The van der Waals surface area contributed by atoms with Crippen LogP contribution >= 0.6 is 11.6 Å². The average molecular weight is 293 g/mol. The van der Waals surface area contributed by atoms with E-state index in [1.807, 2.05) is 24.3 Å². The molecular formula is C17H21ClO2. The van der Waals surface area contributed by atoms with Crippen molar-refractivity contribution in [3.8, 4) is 17.6 Å². The summed E-state index contributed by atoms with van der Waals surface area (Å²) in [5.41, 5.74) is 0.978. The molecule has 0 amide bonds. The molecule has 0 N–H and O–H groups in total. The van der Waals surface area contributed by atoms with Gasteiger partial charge in [0.25, 0.3) is 0 Å². The maximum absolute atomic E-state index is 5.76. The van der Waals surface area contributed by atoms with Gasteiger partial charge in [-0.2, -0.15) is 0 Å². The predicted molar refractivity (Wildman–Crippen MR) is 82.4 cm³/mol. The summed E-state index contributed by atoms with van der Waals surface area (Å²) in [6.07, 6.45) is 5.70. The molecule has 0 aliphatic carbocycles. The fourth-order valence-corrected chi connectivity index (χ4v) is 2.34. The lowest BCUT2D eigenvalue weighted by Crippen LogP contribution is -2.07. The highest BCUT2D eigenvalue weighted by Gasteiger charge is 2.14. The van der Waals surface area contributed by atoms with Gasteiger partial charge in [0.1, 0.15) is 5.75 Å². The zero-order valence-corrected chi connectivity index (χ0v) is 12.5. The summed E-state index contributed by atoms with van der Waals surface area (Å²) in [7, 11) is 0. The van der Waals surface area contributed by atoms with E-state index in [-0.39, 0.29) is 0 Å². The first-order valence-corrected chi connectivity index (χ1v) is 7.81. The van der Waals surface area contributed by atoms with Gasteiger partial charge in [-0.1, -0.05) is 17.9 Å². The molecule has 0 bridgehead atoms. The van der Waals surface area contributed by atoms with E-state index in [1.165, 1.54) is 12.8 Å². The van der Waals surface area contributed by atoms with E-state index in [1.54, 1.807) is 0 Å². The van der Waals surface area contributed by atoms with Crippen molar-refractivity contribution in [2.75, 3.05) is 19.1 Å². The van der Waals surface area contributed by atoms with Gasteiger partial charge < -0.3 is 9.47 Å². The Balaban J connectivity index is 1.72. The molecule has 1 aromatic carbocycles. The Morgan fingerprint density at radius 1 is 1.40 bits per heavy atom. The first-order chi connectivity index (χ1) is 9.88. The van der Waals surface area contributed by atoms with Crippen molar-refractivity contribution < 1.29 is 9.47 Å². The van der Waals surface area contributed by atoms with Crippen molar-refractivity contribution in [2.24, 2.45) is 0 Å². The Hall–Kier alpha value is -1.17. The summed E-state index contributed by atoms with van der Waals surface area (Å²) < 4.78 is 11.4. The molecular weight excluding hydrogens is 272 g/mol. The third kappa shape index (κ3) is 5.45. The summed E-state index contributed by atoms with van der Waals surface area (Å²) in [4.78, 5) is 0. The van der Waals surface area contributed by atoms with Crippen LogP contribution in [0.25, 0.3) is 0 Å². The Labute approximate surface area is 126 Å². The zero-order valence-electron chi connectivity index (χ0n) is 11.7. The van der Waals surface area contributed by atoms with Crippen LogP contribution in [-0.2, 0) is 4.74 Å². The van der Waals surface area contributed by atoms with Gasteiger partial charge in [-0.15, -0.1) is 11.6 Å². The SMILES string of the molecule is ClCCC#Cc1cccc(OCCCC2CCCO2)c1. The predicted octanol–water partition coefficient (Wildman–Crippen LogP) is 4.01. The van der Waals surface area contributed by atoms with Crippen LogP contribution in [0.5, 0.6) is 5.75 Å². The standard InChI is InChI=1S/C17H21ClO2/c18-11-2-1-6-15-7-3-8-17(14-15)20-13-5-10-16-9-4-12-19-16/h3,7-8,14,16H,2,4-5,9-13H2. The van der Waals surface area contributed by atoms with Crippen molar-refractivity contribution in [3.05, 3.63) is 29.8 Å². The Morgan fingerprint density at radius 3 is 3.15 bits per heavy atom. The highest BCUT2D eigenvalue weighted by Crippen LogP contribution is 2.18. The second-order valence-electron chi connectivity index (χ2n) is 4.89. The largest absolute Gasteiger partial charge is 0.494 e. The quantitative estimate of drug-likeness (QED) is 0.448. The van der Waals surface area contributed by atoms with Gasteiger partial charge in [-0.05, 0) is 43.9 Å². The second-order valence-corrected chi connectivity index (χ2v) is 5.27. The van der Waals surface area contributed by atoms with Crippen LogP contribution < -0.4 is 4.74 Å². The lowest BCUT2D eigenvalue weighted by Gasteiger charge is -2.10. The lowest BCUT2D eigenvalue weighted by molar-refractivity contribution is 0.0981. The number of ether oxygens (including phenoxy) is 2. The van der Waals surface area contributed by atoms with Crippen LogP contribution in [0.2, 0.25) is 0 Å². The van der Waals surface area contributed by atoms with Gasteiger partial charge in [0.15, 0.2) is 0 Å². The molecule has 20 heavy (non-hydrogen) atoms. The number of hydrogen-bond donors (Lipinski definition) is 0. The zero-order chi connectivity index (χ0) is 14.0. The number of rotatable bonds is 6. The number of benzene rings is 1. The molecule has 1 aliphatic rings. The Bertz CT molecular complexity index is 456. The number of halogens is 1. The van der Waals surface area contributed by atoms with E-state index in [4.69, 9.17) is 21.1 Å². The molecule has 0 radical (unpaired) electrons. The summed E-state index contributed by atoms with van der Waals surface area (Å²) in [5, 5.41) is 0. The summed E-state index contributed by atoms with van der Waals surface area (Å²) in [6.45, 7) is 1.66. The maximum atomic E-state index is 5.76. The highest BCUT2D eigenvalue weighted by molar-refractivity contribution is 6.18. The van der Waals surface area contributed by atoms with Gasteiger partial charge >= 0.3 is 0 Å². The monoisotopic (exact) mass is 292 g/mol. The summed E-state index contributed by atoms with van der Waals surface area (Å²) >= 11 is 5.60. The molecule has 1 aromatic rings. The minimum absolute atomic E-state index is 0.450. The van der Waals surface area contributed by atoms with E-state index >= 15 is 0 Å². The number of hydrogen-bond acceptors (Lipinski definition) is 2. The van der Waals surface area contributed by atoms with Gasteiger partial charge in [-0.3, -0.25) is 0 Å². The first-order valence-electron chi connectivity index (χ1n) is 7.28. The first kappa shape index (κ1) is 15.2. The van der Waals surface area contributed by atoms with Crippen LogP contribution in [0.3, 0.4) is 0 Å². The van der Waals surface area contributed by atoms with Crippen LogP contribution in [0, 0.1) is 11.8 Å². The molecule has 1 saturated heterocycles. The van der Waals surface area contributed by atoms with Gasteiger partial charge in [0, 0.05) is 24.5 Å². The Kier molecular flexibility index (Phi) is 6.77. The topological polar surface area (TPSA) is 18.5 Å². The van der Waals surface area contributed by atoms with E-state index in [9.17, 15) is 0 Å². The molecule has 1 heterocycles. The minimum atomic E-state index is 0.450. The average Bonchev–Trinajstić information content (AvgIpc) is 2.98. The van der Waals surface area contributed by atoms with Crippen molar-refractivity contribution in [1.82, 2.24) is 0 Å². The van der Waals surface area contributed by atoms with Crippen LogP contribution in [0.4, 0.5) is 0 Å². The minimum Gasteiger partial charge on any atom is -0.494 e. The fourth-order valence-electron chi connectivity index (χ4n) is 2.25. The highest BCUT2D eigenvalue weighted by atomic mass is 35.5. The van der Waals surface area contributed by atoms with E-state index in [0.29, 0.717) is 18.4 Å². The van der Waals surface area contributed by atoms with Gasteiger partial charge in [-0.25, -0.2) is 0 Å². The molecule has 1 atom stereocenters. The maximum Gasteiger partial charge on any atom is 0.120 e. The summed E-state index contributed by atoms with van der Waals surface area (Å²) in [5.74, 6) is 7.58. The molecule has 2 nitrogen and oxygen atoms in total. The third-order valence-corrected chi connectivity index (χ3v) is 3.44. The van der Waals surface area contributed by atoms with Crippen LogP contribution in [0.1, 0.15) is 37.7 Å². The van der Waals surface area contributed by atoms with Crippen molar-refractivity contribution in [1.29, 1.82) is 0 Å². The normalized spacial score (nSPS) is 17.6. The smallest absolute Gasteiger partial charge is 0.120 e. The van der Waals surface area contributed by atoms with Crippen molar-refractivity contribution in [3.63, 3.8) is 0 Å². The molecule has 0 aromatic heterocycles. The molecule has 2 rings (SSSR count).